The minimum Gasteiger partial charge on any atom is -0.506 e. The molecule has 1 aliphatic rings. The lowest BCUT2D eigenvalue weighted by atomic mass is 10.1. The summed E-state index contributed by atoms with van der Waals surface area (Å²) in [5.74, 6) is -4.14. The van der Waals surface area contributed by atoms with Gasteiger partial charge in [-0.2, -0.15) is 0 Å². The van der Waals surface area contributed by atoms with E-state index in [1.165, 1.54) is 0 Å². The number of halogens is 2. The van der Waals surface area contributed by atoms with Crippen molar-refractivity contribution < 1.29 is 28.2 Å². The molecule has 5 nitrogen and oxygen atoms in total. The van der Waals surface area contributed by atoms with Crippen molar-refractivity contribution in [2.75, 3.05) is 20.0 Å². The molecule has 0 unspecified atom stereocenters. The summed E-state index contributed by atoms with van der Waals surface area (Å²) in [5.41, 5.74) is -0.604. The number of hydrogen-bond acceptors (Lipinski definition) is 6. The smallest absolute Gasteiger partial charge is 0.344 e. The number of methoxy groups -OCH3 is 1. The van der Waals surface area contributed by atoms with Gasteiger partial charge in [-0.25, -0.2) is 13.6 Å². The molecule has 1 aromatic rings. The predicted molar refractivity (Wildman–Crippen MR) is 93.1 cm³/mol. The summed E-state index contributed by atoms with van der Waals surface area (Å²) >= 11 is 1.15. The number of carbonyl (C=O) groups excluding carboxylic acids is 1. The van der Waals surface area contributed by atoms with Gasteiger partial charge in [-0.1, -0.05) is 0 Å². The molecule has 25 heavy (non-hydrogen) atoms. The summed E-state index contributed by atoms with van der Waals surface area (Å²) < 4.78 is 37.7. The van der Waals surface area contributed by atoms with E-state index in [0.29, 0.717) is 0 Å². The average molecular weight is 371 g/mol. The number of rotatable bonds is 6. The molecule has 0 spiro atoms. The molecular weight excluding hydrogens is 352 g/mol. The molecule has 1 aliphatic carbocycles. The van der Waals surface area contributed by atoms with Gasteiger partial charge in [0.05, 0.1) is 25.3 Å². The third kappa shape index (κ3) is 4.31. The number of hydrogen-bond donors (Lipinski definition) is 1. The van der Waals surface area contributed by atoms with Crippen molar-refractivity contribution in [2.24, 2.45) is 4.99 Å². The van der Waals surface area contributed by atoms with Gasteiger partial charge in [0.15, 0.2) is 17.4 Å². The molecule has 136 valence electrons. The molecular formula is C17H19F2NO4S. The Hall–Kier alpha value is -2.09. The maximum atomic E-state index is 14.5. The average Bonchev–Trinajstić information content (AvgIpc) is 3.38. The Morgan fingerprint density at radius 3 is 2.60 bits per heavy atom. The van der Waals surface area contributed by atoms with Crippen LogP contribution in [0.5, 0.6) is 5.75 Å². The minimum absolute atomic E-state index is 0.0762. The fourth-order valence-electron chi connectivity index (χ4n) is 2.11. The summed E-state index contributed by atoms with van der Waals surface area (Å²) in [6, 6.07) is 2.07. The van der Waals surface area contributed by atoms with Gasteiger partial charge in [-0.05, 0) is 38.2 Å². The molecule has 0 saturated heterocycles. The molecule has 2 rings (SSSR count). The van der Waals surface area contributed by atoms with E-state index in [0.717, 1.165) is 43.8 Å². The monoisotopic (exact) mass is 371 g/mol. The predicted octanol–water partition coefficient (Wildman–Crippen LogP) is 3.73. The van der Waals surface area contributed by atoms with Crippen molar-refractivity contribution in [3.63, 3.8) is 0 Å². The highest BCUT2D eigenvalue weighted by Gasteiger charge is 2.29. The van der Waals surface area contributed by atoms with E-state index in [1.54, 1.807) is 13.2 Å². The fourth-order valence-corrected chi connectivity index (χ4v) is 2.75. The molecule has 0 radical (unpaired) electrons. The summed E-state index contributed by atoms with van der Waals surface area (Å²) in [7, 11) is 1.11. The third-order valence-electron chi connectivity index (χ3n) is 3.48. The molecule has 1 fully saturated rings. The van der Waals surface area contributed by atoms with Crippen LogP contribution in [0.1, 0.15) is 25.3 Å². The maximum Gasteiger partial charge on any atom is 0.344 e. The van der Waals surface area contributed by atoms with Crippen LogP contribution in [0, 0.1) is 11.6 Å². The maximum absolute atomic E-state index is 14.5. The number of benzene rings is 1. The molecule has 0 atom stereocenters. The number of nitrogens with zero attached hydrogens (tertiary/aromatic N) is 1. The Balaban J connectivity index is 2.63. The lowest BCUT2D eigenvalue weighted by molar-refractivity contribution is -0.137. The van der Waals surface area contributed by atoms with Gasteiger partial charge >= 0.3 is 5.97 Å². The van der Waals surface area contributed by atoms with Crippen LogP contribution < -0.4 is 4.74 Å². The van der Waals surface area contributed by atoms with Gasteiger partial charge in [0.1, 0.15) is 16.4 Å². The third-order valence-corrected chi connectivity index (χ3v) is 4.17. The van der Waals surface area contributed by atoms with Gasteiger partial charge < -0.3 is 14.6 Å². The second kappa shape index (κ2) is 8.33. The Bertz CT molecular complexity index is 730. The van der Waals surface area contributed by atoms with Crippen molar-refractivity contribution in [1.82, 2.24) is 0 Å². The van der Waals surface area contributed by atoms with Gasteiger partial charge in [0.25, 0.3) is 0 Å². The van der Waals surface area contributed by atoms with Crippen LogP contribution in [0.2, 0.25) is 0 Å². The summed E-state index contributed by atoms with van der Waals surface area (Å²) in [5, 5.41) is 10.8. The number of aliphatic imine (C=N–C) groups is 1. The molecule has 1 aromatic carbocycles. The Morgan fingerprint density at radius 1 is 1.40 bits per heavy atom. The summed E-state index contributed by atoms with van der Waals surface area (Å²) in [4.78, 5) is 16.7. The van der Waals surface area contributed by atoms with Crippen molar-refractivity contribution in [3.8, 4) is 5.75 Å². The molecule has 0 aliphatic heterocycles. The SMILES string of the molecule is CCOC(=O)C(/C(=N/C1CC1)SC)=C(\O)c1ccc(F)c(OC)c1F. The Labute approximate surface area is 148 Å². The number of esters is 1. The number of ether oxygens (including phenoxy) is 2. The second-order valence-corrected chi connectivity index (χ2v) is 6.05. The van der Waals surface area contributed by atoms with E-state index >= 15 is 0 Å². The van der Waals surface area contributed by atoms with Gasteiger partial charge in [0.2, 0.25) is 0 Å². The summed E-state index contributed by atoms with van der Waals surface area (Å²) in [6.45, 7) is 1.70. The first-order chi connectivity index (χ1) is 11.9. The highest BCUT2D eigenvalue weighted by atomic mass is 32.2. The lowest BCUT2D eigenvalue weighted by Crippen LogP contribution is -2.17. The highest BCUT2D eigenvalue weighted by molar-refractivity contribution is 8.14. The van der Waals surface area contributed by atoms with E-state index in [1.807, 2.05) is 0 Å². The number of aliphatic hydroxyl groups is 1. The zero-order chi connectivity index (χ0) is 18.6. The first-order valence-corrected chi connectivity index (χ1v) is 8.91. The molecule has 0 amide bonds. The first-order valence-electron chi connectivity index (χ1n) is 7.69. The minimum atomic E-state index is -1.10. The molecule has 0 heterocycles. The normalized spacial score (nSPS) is 15.6. The number of carbonyl (C=O) groups is 1. The zero-order valence-corrected chi connectivity index (χ0v) is 15.0. The van der Waals surface area contributed by atoms with E-state index in [9.17, 15) is 18.7 Å². The zero-order valence-electron chi connectivity index (χ0n) is 14.1. The largest absolute Gasteiger partial charge is 0.506 e. The van der Waals surface area contributed by atoms with Crippen LogP contribution in [-0.2, 0) is 9.53 Å². The van der Waals surface area contributed by atoms with E-state index in [2.05, 4.69) is 9.73 Å². The molecule has 0 bridgehead atoms. The van der Waals surface area contributed by atoms with Gasteiger partial charge in [-0.3, -0.25) is 4.99 Å². The lowest BCUT2D eigenvalue weighted by Gasteiger charge is -2.13. The van der Waals surface area contributed by atoms with Gasteiger partial charge in [0, 0.05) is 0 Å². The molecule has 1 saturated carbocycles. The van der Waals surface area contributed by atoms with Crippen LogP contribution in [0.15, 0.2) is 22.7 Å². The van der Waals surface area contributed by atoms with Crippen LogP contribution in [0.25, 0.3) is 5.76 Å². The van der Waals surface area contributed by atoms with Crippen LogP contribution in [-0.4, -0.2) is 42.1 Å². The van der Waals surface area contributed by atoms with Crippen LogP contribution >= 0.6 is 11.8 Å². The van der Waals surface area contributed by atoms with Crippen molar-refractivity contribution >= 4 is 28.5 Å². The number of thioether (sulfide) groups is 1. The van der Waals surface area contributed by atoms with E-state index in [-0.39, 0.29) is 28.8 Å². The Kier molecular flexibility index (Phi) is 6.41. The second-order valence-electron chi connectivity index (χ2n) is 5.26. The highest BCUT2D eigenvalue weighted by Crippen LogP contribution is 2.32. The first kappa shape index (κ1) is 19.2. The van der Waals surface area contributed by atoms with Crippen LogP contribution in [0.4, 0.5) is 8.78 Å². The van der Waals surface area contributed by atoms with Gasteiger partial charge in [-0.15, -0.1) is 11.8 Å². The van der Waals surface area contributed by atoms with E-state index < -0.39 is 29.1 Å². The quantitative estimate of drug-likeness (QED) is 0.271. The fraction of sp³-hybridized carbons (Fsp3) is 0.412. The van der Waals surface area contributed by atoms with Crippen molar-refractivity contribution in [2.45, 2.75) is 25.8 Å². The summed E-state index contributed by atoms with van der Waals surface area (Å²) in [6.07, 6.45) is 3.47. The standard InChI is InChI=1S/C17H19F2NO4S/c1-4-24-17(22)12(16(25-3)20-9-5-6-9)14(21)10-7-8-11(18)15(23-2)13(10)19/h7-9,21H,4-6H2,1-3H3/b14-12-,20-16-. The number of aliphatic hydroxyl groups excluding tert-OH is 1. The molecule has 8 heteroatoms. The topological polar surface area (TPSA) is 68.1 Å². The van der Waals surface area contributed by atoms with Crippen LogP contribution in [0.3, 0.4) is 0 Å². The van der Waals surface area contributed by atoms with Crippen molar-refractivity contribution in [1.29, 1.82) is 0 Å². The van der Waals surface area contributed by atoms with E-state index in [4.69, 9.17) is 4.74 Å². The molecule has 0 aromatic heterocycles. The van der Waals surface area contributed by atoms with Crippen molar-refractivity contribution in [3.05, 3.63) is 34.9 Å². The molecule has 1 N–H and O–H groups in total. The Morgan fingerprint density at radius 2 is 2.08 bits per heavy atom.